The Bertz CT molecular complexity index is 357. The minimum atomic E-state index is -0.889. The highest BCUT2D eigenvalue weighted by Crippen LogP contribution is 2.21. The first-order valence-corrected chi connectivity index (χ1v) is 4.41. The third kappa shape index (κ3) is 1.93. The molecule has 5 heteroatoms. The second-order valence-electron chi connectivity index (χ2n) is 3.41. The zero-order chi connectivity index (χ0) is 10.9. The minimum Gasteiger partial charge on any atom is -0.481 e. The van der Waals surface area contributed by atoms with Crippen LogP contribution in [-0.2, 0) is 11.8 Å². The minimum absolute atomic E-state index is 0.0621. The number of hydrogen-bond acceptors (Lipinski definition) is 3. The maximum absolute atomic E-state index is 10.5. The number of nitrogens with zero attached hydrogens (tertiary/aromatic N) is 2. The molecule has 0 aromatic carbocycles. The summed E-state index contributed by atoms with van der Waals surface area (Å²) in [5.41, 5.74) is 8.35. The highest BCUT2D eigenvalue weighted by Gasteiger charge is 2.18. The zero-order valence-electron chi connectivity index (χ0n) is 8.61. The zero-order valence-corrected chi connectivity index (χ0v) is 8.61. The van der Waals surface area contributed by atoms with Crippen LogP contribution in [0.4, 0.5) is 0 Å². The van der Waals surface area contributed by atoms with Crippen LogP contribution in [0.3, 0.4) is 0 Å². The van der Waals surface area contributed by atoms with E-state index in [0.717, 1.165) is 17.0 Å². The molecular formula is C9H15N3O2. The molecule has 78 valence electrons. The van der Waals surface area contributed by atoms with Gasteiger partial charge in [-0.3, -0.25) is 9.48 Å². The third-order valence-corrected chi connectivity index (χ3v) is 2.33. The van der Waals surface area contributed by atoms with Crippen LogP contribution in [-0.4, -0.2) is 20.9 Å². The van der Waals surface area contributed by atoms with E-state index in [1.807, 2.05) is 20.9 Å². The number of hydrogen-bond donors (Lipinski definition) is 2. The van der Waals surface area contributed by atoms with Crippen LogP contribution >= 0.6 is 0 Å². The van der Waals surface area contributed by atoms with Crippen LogP contribution in [0.5, 0.6) is 0 Å². The average Bonchev–Trinajstić information content (AvgIpc) is 2.25. The van der Waals surface area contributed by atoms with E-state index < -0.39 is 12.0 Å². The Labute approximate surface area is 82.5 Å². The third-order valence-electron chi connectivity index (χ3n) is 2.33. The quantitative estimate of drug-likeness (QED) is 0.739. The molecular weight excluding hydrogens is 182 g/mol. The van der Waals surface area contributed by atoms with E-state index in [9.17, 15) is 4.79 Å². The van der Waals surface area contributed by atoms with Crippen LogP contribution in [0.1, 0.15) is 29.4 Å². The van der Waals surface area contributed by atoms with E-state index in [-0.39, 0.29) is 6.42 Å². The predicted octanol–water partition coefficient (Wildman–Crippen LogP) is 0.511. The number of carboxylic acids is 1. The summed E-state index contributed by atoms with van der Waals surface area (Å²) in [5, 5.41) is 12.8. The van der Waals surface area contributed by atoms with Crippen LogP contribution in [0, 0.1) is 13.8 Å². The van der Waals surface area contributed by atoms with Gasteiger partial charge >= 0.3 is 5.97 Å². The number of carboxylic acid groups (broad SMARTS) is 1. The van der Waals surface area contributed by atoms with Crippen LogP contribution in [0.15, 0.2) is 0 Å². The Morgan fingerprint density at radius 3 is 2.57 bits per heavy atom. The van der Waals surface area contributed by atoms with E-state index >= 15 is 0 Å². The number of nitrogens with two attached hydrogens (primary N) is 1. The van der Waals surface area contributed by atoms with Crippen molar-refractivity contribution >= 4 is 5.97 Å². The van der Waals surface area contributed by atoms with Gasteiger partial charge in [-0.1, -0.05) is 0 Å². The number of aliphatic carboxylic acids is 1. The molecule has 1 heterocycles. The van der Waals surface area contributed by atoms with Crippen LogP contribution < -0.4 is 5.73 Å². The molecule has 0 amide bonds. The highest BCUT2D eigenvalue weighted by molar-refractivity contribution is 5.68. The summed E-state index contributed by atoms with van der Waals surface area (Å²) in [6, 6.07) is -0.471. The molecule has 1 unspecified atom stereocenters. The van der Waals surface area contributed by atoms with Gasteiger partial charge in [-0.05, 0) is 13.8 Å². The highest BCUT2D eigenvalue weighted by atomic mass is 16.4. The summed E-state index contributed by atoms with van der Waals surface area (Å²) in [7, 11) is 1.82. The van der Waals surface area contributed by atoms with Gasteiger partial charge in [0, 0.05) is 24.3 Å². The van der Waals surface area contributed by atoms with Crippen molar-refractivity contribution in [3.8, 4) is 0 Å². The van der Waals surface area contributed by atoms with Gasteiger partial charge in [0.15, 0.2) is 0 Å². The van der Waals surface area contributed by atoms with Crippen molar-refractivity contribution in [2.45, 2.75) is 26.3 Å². The fourth-order valence-electron chi connectivity index (χ4n) is 1.62. The SMILES string of the molecule is Cc1nn(C)c(C)c1C(N)CC(=O)O. The van der Waals surface area contributed by atoms with Gasteiger partial charge < -0.3 is 10.8 Å². The Hall–Kier alpha value is -1.36. The van der Waals surface area contributed by atoms with Crippen molar-refractivity contribution in [2.24, 2.45) is 12.8 Å². The van der Waals surface area contributed by atoms with Gasteiger partial charge in [0.1, 0.15) is 0 Å². The molecule has 0 aliphatic rings. The number of aromatic nitrogens is 2. The summed E-state index contributed by atoms with van der Waals surface area (Å²) < 4.78 is 1.71. The summed E-state index contributed by atoms with van der Waals surface area (Å²) in [6.45, 7) is 3.72. The molecule has 5 nitrogen and oxygen atoms in total. The molecule has 1 rings (SSSR count). The van der Waals surface area contributed by atoms with Crippen molar-refractivity contribution < 1.29 is 9.90 Å². The first kappa shape index (κ1) is 10.7. The van der Waals surface area contributed by atoms with Crippen molar-refractivity contribution in [1.82, 2.24) is 9.78 Å². The van der Waals surface area contributed by atoms with Crippen molar-refractivity contribution in [1.29, 1.82) is 0 Å². The molecule has 0 spiro atoms. The average molecular weight is 197 g/mol. The molecule has 1 aromatic rings. The summed E-state index contributed by atoms with van der Waals surface area (Å²) in [6.07, 6.45) is -0.0621. The lowest BCUT2D eigenvalue weighted by Gasteiger charge is -2.09. The van der Waals surface area contributed by atoms with Crippen molar-refractivity contribution in [3.63, 3.8) is 0 Å². The summed E-state index contributed by atoms with van der Waals surface area (Å²) in [5.74, 6) is -0.889. The second-order valence-corrected chi connectivity index (χ2v) is 3.41. The molecule has 0 radical (unpaired) electrons. The number of rotatable bonds is 3. The molecule has 0 bridgehead atoms. The molecule has 0 aliphatic carbocycles. The molecule has 14 heavy (non-hydrogen) atoms. The standard InChI is InChI=1S/C9H15N3O2/c1-5-9(6(2)12(3)11-5)7(10)4-8(13)14/h7H,4,10H2,1-3H3,(H,13,14). The lowest BCUT2D eigenvalue weighted by molar-refractivity contribution is -0.137. The Morgan fingerprint density at radius 2 is 2.21 bits per heavy atom. The first-order chi connectivity index (χ1) is 6.43. The molecule has 0 fully saturated rings. The lowest BCUT2D eigenvalue weighted by Crippen LogP contribution is -2.16. The van der Waals surface area contributed by atoms with E-state index in [0.29, 0.717) is 0 Å². The van der Waals surface area contributed by atoms with Crippen LogP contribution in [0.25, 0.3) is 0 Å². The van der Waals surface area contributed by atoms with Crippen molar-refractivity contribution in [2.75, 3.05) is 0 Å². The number of aryl methyl sites for hydroxylation is 2. The Kier molecular flexibility index (Phi) is 2.90. The van der Waals surface area contributed by atoms with Crippen molar-refractivity contribution in [3.05, 3.63) is 17.0 Å². The largest absolute Gasteiger partial charge is 0.481 e. The first-order valence-electron chi connectivity index (χ1n) is 4.41. The van der Waals surface area contributed by atoms with Crippen LogP contribution in [0.2, 0.25) is 0 Å². The molecule has 1 atom stereocenters. The second kappa shape index (κ2) is 3.79. The maximum atomic E-state index is 10.5. The van der Waals surface area contributed by atoms with E-state index in [1.54, 1.807) is 4.68 Å². The van der Waals surface area contributed by atoms with E-state index in [4.69, 9.17) is 10.8 Å². The fourth-order valence-corrected chi connectivity index (χ4v) is 1.62. The molecule has 0 saturated carbocycles. The maximum Gasteiger partial charge on any atom is 0.305 e. The molecule has 1 aromatic heterocycles. The Balaban J connectivity index is 2.99. The summed E-state index contributed by atoms with van der Waals surface area (Å²) >= 11 is 0. The van der Waals surface area contributed by atoms with Gasteiger partial charge in [-0.25, -0.2) is 0 Å². The predicted molar refractivity (Wildman–Crippen MR) is 51.9 cm³/mol. The van der Waals surface area contributed by atoms with Gasteiger partial charge in [0.2, 0.25) is 0 Å². The van der Waals surface area contributed by atoms with E-state index in [2.05, 4.69) is 5.10 Å². The molecule has 0 aliphatic heterocycles. The van der Waals surface area contributed by atoms with Gasteiger partial charge in [0.05, 0.1) is 12.1 Å². The van der Waals surface area contributed by atoms with Gasteiger partial charge in [0.25, 0.3) is 0 Å². The molecule has 0 saturated heterocycles. The smallest absolute Gasteiger partial charge is 0.305 e. The number of carbonyl (C=O) groups is 1. The van der Waals surface area contributed by atoms with E-state index in [1.165, 1.54) is 0 Å². The monoisotopic (exact) mass is 197 g/mol. The van der Waals surface area contributed by atoms with Gasteiger partial charge in [-0.2, -0.15) is 5.10 Å². The lowest BCUT2D eigenvalue weighted by atomic mass is 10.0. The normalized spacial score (nSPS) is 12.9. The topological polar surface area (TPSA) is 81.1 Å². The Morgan fingerprint density at radius 1 is 1.64 bits per heavy atom. The fraction of sp³-hybridized carbons (Fsp3) is 0.556. The van der Waals surface area contributed by atoms with Gasteiger partial charge in [-0.15, -0.1) is 0 Å². The molecule has 3 N–H and O–H groups in total. The summed E-state index contributed by atoms with van der Waals surface area (Å²) in [4.78, 5) is 10.5.